The summed E-state index contributed by atoms with van der Waals surface area (Å²) in [4.78, 5) is 16.6. The number of aromatic nitrogens is 3. The Morgan fingerprint density at radius 2 is 2.30 bits per heavy atom. The van der Waals surface area contributed by atoms with Crippen LogP contribution in [0, 0.1) is 19.3 Å². The van der Waals surface area contributed by atoms with E-state index < -0.39 is 5.97 Å². The molecule has 0 atom stereocenters. The molecule has 0 saturated heterocycles. The number of carbonyl (C=O) groups excluding carboxylic acids is 1. The van der Waals surface area contributed by atoms with Crippen molar-refractivity contribution in [2.24, 2.45) is 0 Å². The van der Waals surface area contributed by atoms with Gasteiger partial charge >= 0.3 is 5.97 Å². The quantitative estimate of drug-likeness (QED) is 0.478. The molecule has 0 fully saturated rings. The zero-order valence-corrected chi connectivity index (χ0v) is 14.1. The number of aryl methyl sites for hydroxylation is 1. The number of nitrogens with zero attached hydrogens (tertiary/aromatic N) is 3. The molecule has 2 rings (SSSR count). The maximum absolute atomic E-state index is 12.1. The van der Waals surface area contributed by atoms with Crippen LogP contribution in [0.25, 0.3) is 16.0 Å². The Hall–Kier alpha value is -2.65. The molecule has 0 aliphatic heterocycles. The number of carbonyl (C=O) groups is 1. The van der Waals surface area contributed by atoms with Gasteiger partial charge in [0.25, 0.3) is 0 Å². The van der Waals surface area contributed by atoms with Crippen molar-refractivity contribution >= 4 is 33.4 Å². The molecular formula is C17H17N3O2S. The van der Waals surface area contributed by atoms with E-state index in [2.05, 4.69) is 22.6 Å². The maximum atomic E-state index is 12.1. The van der Waals surface area contributed by atoms with Crippen LogP contribution in [0.15, 0.2) is 30.4 Å². The Morgan fingerprint density at radius 1 is 1.57 bits per heavy atom. The second-order valence-electron chi connectivity index (χ2n) is 4.53. The Morgan fingerprint density at radius 3 is 2.87 bits per heavy atom. The van der Waals surface area contributed by atoms with E-state index in [1.807, 2.05) is 19.9 Å². The molecule has 5 nitrogen and oxygen atoms in total. The first-order valence-corrected chi connectivity index (χ1v) is 7.88. The highest BCUT2D eigenvalue weighted by atomic mass is 32.1. The van der Waals surface area contributed by atoms with Gasteiger partial charge in [-0.2, -0.15) is 5.10 Å². The fourth-order valence-electron chi connectivity index (χ4n) is 2.01. The van der Waals surface area contributed by atoms with Gasteiger partial charge in [-0.25, -0.2) is 14.5 Å². The number of esters is 1. The van der Waals surface area contributed by atoms with Gasteiger partial charge in [0.2, 0.25) is 0 Å². The summed E-state index contributed by atoms with van der Waals surface area (Å²) in [5.41, 5.74) is 2.21. The first kappa shape index (κ1) is 16.7. The van der Waals surface area contributed by atoms with Crippen LogP contribution < -0.4 is 0 Å². The van der Waals surface area contributed by atoms with Crippen molar-refractivity contribution in [3.63, 3.8) is 0 Å². The normalized spacial score (nSPS) is 12.3. The number of thiazole rings is 1. The molecule has 0 aliphatic carbocycles. The molecule has 0 spiro atoms. The van der Waals surface area contributed by atoms with Gasteiger partial charge in [0.05, 0.1) is 17.3 Å². The van der Waals surface area contributed by atoms with Crippen LogP contribution in [0.5, 0.6) is 0 Å². The van der Waals surface area contributed by atoms with E-state index in [9.17, 15) is 4.79 Å². The molecule has 0 aliphatic rings. The van der Waals surface area contributed by atoms with Crippen LogP contribution >= 0.6 is 11.3 Å². The summed E-state index contributed by atoms with van der Waals surface area (Å²) in [6, 6.07) is 0. The Balaban J connectivity index is 2.65. The summed E-state index contributed by atoms with van der Waals surface area (Å²) in [6.07, 6.45) is 10.6. The van der Waals surface area contributed by atoms with Crippen LogP contribution in [0.1, 0.15) is 29.3 Å². The minimum absolute atomic E-state index is 0.265. The van der Waals surface area contributed by atoms with E-state index in [4.69, 9.17) is 11.2 Å². The lowest BCUT2D eigenvalue weighted by Crippen LogP contribution is -2.07. The largest absolute Gasteiger partial charge is 0.461 e. The number of hydrogen-bond acceptors (Lipinski definition) is 5. The van der Waals surface area contributed by atoms with Crippen molar-refractivity contribution in [3.05, 3.63) is 41.1 Å². The van der Waals surface area contributed by atoms with Gasteiger partial charge in [-0.05, 0) is 26.8 Å². The van der Waals surface area contributed by atoms with Gasteiger partial charge in [-0.15, -0.1) is 17.8 Å². The van der Waals surface area contributed by atoms with E-state index in [0.29, 0.717) is 28.2 Å². The molecule has 118 valence electrons. The molecule has 0 saturated carbocycles. The zero-order chi connectivity index (χ0) is 17.0. The summed E-state index contributed by atoms with van der Waals surface area (Å²) in [5.74, 6) is 2.08. The number of allylic oxidation sites excluding steroid dienone is 5. The third-order valence-corrected chi connectivity index (χ3v) is 4.00. The van der Waals surface area contributed by atoms with Crippen LogP contribution in [0.4, 0.5) is 0 Å². The van der Waals surface area contributed by atoms with Gasteiger partial charge in [-0.1, -0.05) is 24.7 Å². The topological polar surface area (TPSA) is 57.0 Å². The van der Waals surface area contributed by atoms with E-state index in [-0.39, 0.29) is 5.69 Å². The van der Waals surface area contributed by atoms with Crippen LogP contribution in [0.2, 0.25) is 0 Å². The van der Waals surface area contributed by atoms with Crippen molar-refractivity contribution in [1.82, 2.24) is 14.8 Å². The first-order chi connectivity index (χ1) is 11.0. The van der Waals surface area contributed by atoms with Gasteiger partial charge in [0, 0.05) is 5.57 Å². The fraction of sp³-hybridized carbons (Fsp3) is 0.235. The average Bonchev–Trinajstić information content (AvgIpc) is 3.06. The fourth-order valence-corrected chi connectivity index (χ4v) is 2.88. The lowest BCUT2D eigenvalue weighted by molar-refractivity contribution is 0.0521. The summed E-state index contributed by atoms with van der Waals surface area (Å²) in [5, 5.41) is 5.22. The molecule has 2 aromatic rings. The first-order valence-electron chi connectivity index (χ1n) is 7.06. The minimum Gasteiger partial charge on any atom is -0.461 e. The van der Waals surface area contributed by atoms with Crippen molar-refractivity contribution in [1.29, 1.82) is 0 Å². The van der Waals surface area contributed by atoms with Gasteiger partial charge in [0.15, 0.2) is 11.3 Å². The number of hydrogen-bond donors (Lipinski definition) is 0. The Bertz CT molecular complexity index is 862. The van der Waals surface area contributed by atoms with Crippen molar-refractivity contribution < 1.29 is 9.53 Å². The molecule has 0 radical (unpaired) electrons. The Labute approximate surface area is 139 Å². The number of ether oxygens (including phenoxy) is 1. The molecule has 0 unspecified atom stereocenters. The predicted octanol–water partition coefficient (Wildman–Crippen LogP) is 3.58. The number of rotatable bonds is 5. The lowest BCUT2D eigenvalue weighted by Gasteiger charge is -2.03. The lowest BCUT2D eigenvalue weighted by atomic mass is 10.2. The molecule has 0 amide bonds. The minimum atomic E-state index is -0.458. The van der Waals surface area contributed by atoms with E-state index >= 15 is 0 Å². The van der Waals surface area contributed by atoms with Crippen LogP contribution in [0.3, 0.4) is 0 Å². The highest BCUT2D eigenvalue weighted by molar-refractivity contribution is 7.18. The molecule has 0 aromatic carbocycles. The predicted molar refractivity (Wildman–Crippen MR) is 93.2 cm³/mol. The average molecular weight is 327 g/mol. The maximum Gasteiger partial charge on any atom is 0.360 e. The number of fused-ring (bicyclic) bond motifs is 1. The Kier molecular flexibility index (Phi) is 5.14. The smallest absolute Gasteiger partial charge is 0.360 e. The molecule has 2 heterocycles. The second kappa shape index (κ2) is 7.07. The van der Waals surface area contributed by atoms with E-state index in [0.717, 1.165) is 5.01 Å². The molecule has 23 heavy (non-hydrogen) atoms. The molecular weight excluding hydrogens is 310 g/mol. The molecule has 6 heteroatoms. The third-order valence-electron chi connectivity index (χ3n) is 3.03. The van der Waals surface area contributed by atoms with Crippen LogP contribution in [-0.4, -0.2) is 27.3 Å². The SMILES string of the molecule is C#C/C(C=C)=C/C(=C\C)n1nc(C(=O)OCC)c2sc(C)nc21. The zero-order valence-electron chi connectivity index (χ0n) is 13.3. The summed E-state index contributed by atoms with van der Waals surface area (Å²) >= 11 is 1.41. The summed E-state index contributed by atoms with van der Waals surface area (Å²) < 4.78 is 7.38. The highest BCUT2D eigenvalue weighted by Gasteiger charge is 2.22. The second-order valence-corrected chi connectivity index (χ2v) is 5.73. The van der Waals surface area contributed by atoms with Crippen molar-refractivity contribution in [2.75, 3.05) is 6.61 Å². The van der Waals surface area contributed by atoms with E-state index in [1.165, 1.54) is 11.3 Å². The van der Waals surface area contributed by atoms with Gasteiger partial charge in [0.1, 0.15) is 4.70 Å². The summed E-state index contributed by atoms with van der Waals surface area (Å²) in [7, 11) is 0. The van der Waals surface area contributed by atoms with Gasteiger partial charge < -0.3 is 4.74 Å². The van der Waals surface area contributed by atoms with E-state index in [1.54, 1.807) is 23.8 Å². The van der Waals surface area contributed by atoms with Crippen LogP contribution in [-0.2, 0) is 4.74 Å². The van der Waals surface area contributed by atoms with Crippen molar-refractivity contribution in [2.45, 2.75) is 20.8 Å². The molecule has 0 bridgehead atoms. The summed E-state index contributed by atoms with van der Waals surface area (Å²) in [6.45, 7) is 9.47. The van der Waals surface area contributed by atoms with Crippen molar-refractivity contribution in [3.8, 4) is 12.3 Å². The highest BCUT2D eigenvalue weighted by Crippen LogP contribution is 2.28. The molecule has 2 aromatic heterocycles. The third kappa shape index (κ3) is 3.25. The van der Waals surface area contributed by atoms with Gasteiger partial charge in [-0.3, -0.25) is 0 Å². The standard InChI is InChI=1S/C17H17N3O2S/c1-6-12(7-2)10-13(8-3)20-16-15(23-11(5)18-16)14(19-20)17(21)22-9-4/h1,7-8,10H,2,9H2,3-5H3/b12-10-,13-8+. The number of terminal acetylenes is 1. The monoisotopic (exact) mass is 327 g/mol. The molecule has 0 N–H and O–H groups in total.